The molecule has 2 aromatic heterocycles. The number of hydrogen-bond acceptors (Lipinski definition) is 6. The van der Waals surface area contributed by atoms with E-state index in [4.69, 9.17) is 0 Å². The molecule has 12 heteroatoms. The Kier molecular flexibility index (Phi) is 5.62. The molecule has 0 spiro atoms. The number of rotatable bonds is 4. The summed E-state index contributed by atoms with van der Waals surface area (Å²) in [6, 6.07) is 0.664. The second kappa shape index (κ2) is 7.97. The van der Waals surface area contributed by atoms with Crippen LogP contribution in [0.25, 0.3) is 0 Å². The summed E-state index contributed by atoms with van der Waals surface area (Å²) in [5.74, 6) is -2.83. The lowest BCUT2D eigenvalue weighted by Gasteiger charge is -2.35. The third kappa shape index (κ3) is 4.58. The van der Waals surface area contributed by atoms with Crippen LogP contribution in [-0.4, -0.2) is 51.9 Å². The van der Waals surface area contributed by atoms with Crippen molar-refractivity contribution < 1.29 is 26.7 Å². The summed E-state index contributed by atoms with van der Waals surface area (Å²) >= 11 is 0. The van der Waals surface area contributed by atoms with Gasteiger partial charge in [-0.15, -0.1) is 0 Å². The number of carbonyl (C=O) groups excluding carboxylic acids is 1. The van der Waals surface area contributed by atoms with Gasteiger partial charge in [-0.25, -0.2) is 23.7 Å². The molecule has 1 amide bonds. The SMILES string of the molecule is C=C(F)C(=O)N1CCN(c2nccnc2Nc2cnc(C(F)(F)F)c(F)c2)CC1. The van der Waals surface area contributed by atoms with Gasteiger partial charge in [0.2, 0.25) is 0 Å². The summed E-state index contributed by atoms with van der Waals surface area (Å²) in [4.78, 5) is 26.1. The number of alkyl halides is 3. The van der Waals surface area contributed by atoms with Crippen LogP contribution in [0.5, 0.6) is 0 Å². The number of hydrogen-bond donors (Lipinski definition) is 1. The summed E-state index contributed by atoms with van der Waals surface area (Å²) in [5.41, 5.74) is -1.66. The standard InChI is InChI=1S/C17H15F5N6O/c1-10(18)16(29)28-6-4-27(5-7-28)15-14(23-2-3-24-15)26-11-8-12(19)13(25-9-11)17(20,21)22/h2-3,8-9H,1,4-7H2,(H,23,26). The summed E-state index contributed by atoms with van der Waals surface area (Å²) in [7, 11) is 0. The highest BCUT2D eigenvalue weighted by atomic mass is 19.4. The highest BCUT2D eigenvalue weighted by Crippen LogP contribution is 2.31. The van der Waals surface area contributed by atoms with E-state index in [0.29, 0.717) is 25.0 Å². The number of nitrogens with one attached hydrogen (secondary N) is 1. The molecule has 3 heterocycles. The maximum Gasteiger partial charge on any atom is 0.436 e. The molecule has 0 radical (unpaired) electrons. The summed E-state index contributed by atoms with van der Waals surface area (Å²) in [5, 5.41) is 2.70. The Bertz CT molecular complexity index is 927. The van der Waals surface area contributed by atoms with Gasteiger partial charge in [-0.1, -0.05) is 6.58 Å². The van der Waals surface area contributed by atoms with Crippen LogP contribution in [0, 0.1) is 5.82 Å². The molecule has 0 aromatic carbocycles. The molecule has 1 fully saturated rings. The second-order valence-corrected chi connectivity index (χ2v) is 6.09. The molecule has 3 rings (SSSR count). The molecular weight excluding hydrogens is 399 g/mol. The van der Waals surface area contributed by atoms with Crippen molar-refractivity contribution in [3.8, 4) is 0 Å². The first-order valence-electron chi connectivity index (χ1n) is 8.36. The van der Waals surface area contributed by atoms with Crippen LogP contribution in [0.2, 0.25) is 0 Å². The van der Waals surface area contributed by atoms with Crippen molar-refractivity contribution in [2.45, 2.75) is 6.18 Å². The lowest BCUT2D eigenvalue weighted by Crippen LogP contribution is -2.49. The number of halogens is 5. The Hall–Kier alpha value is -3.31. The Morgan fingerprint density at radius 3 is 2.34 bits per heavy atom. The molecule has 29 heavy (non-hydrogen) atoms. The van der Waals surface area contributed by atoms with Crippen molar-refractivity contribution in [2.24, 2.45) is 0 Å². The molecule has 0 aliphatic carbocycles. The zero-order chi connectivity index (χ0) is 21.2. The summed E-state index contributed by atoms with van der Waals surface area (Å²) in [6.45, 7) is 4.04. The average molecular weight is 414 g/mol. The topological polar surface area (TPSA) is 74.2 Å². The maximum atomic E-state index is 13.7. The minimum absolute atomic E-state index is 0.0419. The number of pyridine rings is 1. The van der Waals surface area contributed by atoms with Crippen LogP contribution in [0.1, 0.15) is 5.69 Å². The van der Waals surface area contributed by atoms with Crippen LogP contribution >= 0.6 is 0 Å². The minimum atomic E-state index is -4.90. The fourth-order valence-corrected chi connectivity index (χ4v) is 2.79. The van der Waals surface area contributed by atoms with E-state index in [-0.39, 0.29) is 24.6 Å². The fourth-order valence-electron chi connectivity index (χ4n) is 2.79. The predicted octanol–water partition coefficient (Wildman–Crippen LogP) is 2.90. The fraction of sp³-hybridized carbons (Fsp3) is 0.294. The largest absolute Gasteiger partial charge is 0.436 e. The molecule has 7 nitrogen and oxygen atoms in total. The van der Waals surface area contributed by atoms with Gasteiger partial charge >= 0.3 is 6.18 Å². The number of carbonyl (C=O) groups is 1. The van der Waals surface area contributed by atoms with Gasteiger partial charge in [-0.2, -0.15) is 13.2 Å². The van der Waals surface area contributed by atoms with Gasteiger partial charge in [0, 0.05) is 44.6 Å². The van der Waals surface area contributed by atoms with Gasteiger partial charge in [-0.3, -0.25) is 4.79 Å². The van der Waals surface area contributed by atoms with Gasteiger partial charge in [0.15, 0.2) is 29.0 Å². The highest BCUT2D eigenvalue weighted by molar-refractivity contribution is 5.90. The minimum Gasteiger partial charge on any atom is -0.350 e. The molecular formula is C17H15F5N6O. The molecule has 154 valence electrons. The van der Waals surface area contributed by atoms with Crippen molar-refractivity contribution in [1.82, 2.24) is 19.9 Å². The third-order valence-electron chi connectivity index (χ3n) is 4.15. The first-order chi connectivity index (χ1) is 13.7. The third-order valence-corrected chi connectivity index (χ3v) is 4.15. The quantitative estimate of drug-likeness (QED) is 0.613. The van der Waals surface area contributed by atoms with E-state index in [9.17, 15) is 26.7 Å². The lowest BCUT2D eigenvalue weighted by molar-refractivity contribution is -0.143. The lowest BCUT2D eigenvalue weighted by atomic mass is 10.3. The molecule has 0 atom stereocenters. The van der Waals surface area contributed by atoms with E-state index >= 15 is 0 Å². The number of nitrogens with zero attached hydrogens (tertiary/aromatic N) is 5. The molecule has 1 N–H and O–H groups in total. The van der Waals surface area contributed by atoms with Gasteiger partial charge in [0.05, 0.1) is 11.9 Å². The Morgan fingerprint density at radius 2 is 1.76 bits per heavy atom. The van der Waals surface area contributed by atoms with Gasteiger partial charge in [0.1, 0.15) is 0 Å². The van der Waals surface area contributed by atoms with E-state index in [1.807, 2.05) is 0 Å². The van der Waals surface area contributed by atoms with Crippen molar-refractivity contribution in [2.75, 3.05) is 36.4 Å². The zero-order valence-corrected chi connectivity index (χ0v) is 14.9. The molecule has 1 saturated heterocycles. The van der Waals surface area contributed by atoms with E-state index in [1.54, 1.807) is 4.90 Å². The first kappa shape index (κ1) is 20.4. The summed E-state index contributed by atoms with van der Waals surface area (Å²) in [6.07, 6.45) is -1.30. The molecule has 0 bridgehead atoms. The van der Waals surface area contributed by atoms with Crippen LogP contribution < -0.4 is 10.2 Å². The van der Waals surface area contributed by atoms with E-state index < -0.39 is 29.4 Å². The number of piperazine rings is 1. The highest BCUT2D eigenvalue weighted by Gasteiger charge is 2.36. The van der Waals surface area contributed by atoms with Crippen LogP contribution in [0.3, 0.4) is 0 Å². The summed E-state index contributed by atoms with van der Waals surface area (Å²) < 4.78 is 64.7. The molecule has 1 aliphatic heterocycles. The number of aromatic nitrogens is 3. The first-order valence-corrected chi connectivity index (χ1v) is 8.36. The van der Waals surface area contributed by atoms with Crippen LogP contribution in [0.4, 0.5) is 39.3 Å². The predicted molar refractivity (Wildman–Crippen MR) is 93.6 cm³/mol. The second-order valence-electron chi connectivity index (χ2n) is 6.09. The Balaban J connectivity index is 1.76. The molecule has 2 aromatic rings. The van der Waals surface area contributed by atoms with Crippen molar-refractivity contribution in [3.05, 3.63) is 48.6 Å². The van der Waals surface area contributed by atoms with Gasteiger partial charge in [-0.05, 0) is 0 Å². The van der Waals surface area contributed by atoms with E-state index in [1.165, 1.54) is 17.3 Å². The van der Waals surface area contributed by atoms with E-state index in [2.05, 4.69) is 26.8 Å². The maximum absolute atomic E-state index is 13.7. The molecule has 0 unspecified atom stereocenters. The number of anilines is 3. The molecule has 1 aliphatic rings. The van der Waals surface area contributed by atoms with Crippen molar-refractivity contribution in [3.63, 3.8) is 0 Å². The van der Waals surface area contributed by atoms with Gasteiger partial charge < -0.3 is 15.1 Å². The van der Waals surface area contributed by atoms with Crippen molar-refractivity contribution in [1.29, 1.82) is 0 Å². The molecule has 0 saturated carbocycles. The zero-order valence-electron chi connectivity index (χ0n) is 14.9. The van der Waals surface area contributed by atoms with Crippen molar-refractivity contribution >= 4 is 23.2 Å². The Morgan fingerprint density at radius 1 is 1.10 bits per heavy atom. The van der Waals surface area contributed by atoms with Crippen LogP contribution in [-0.2, 0) is 11.0 Å². The van der Waals surface area contributed by atoms with E-state index in [0.717, 1.165) is 6.20 Å². The normalized spacial score (nSPS) is 14.7. The number of amides is 1. The Labute approximate surface area is 161 Å². The van der Waals surface area contributed by atoms with Crippen LogP contribution in [0.15, 0.2) is 37.1 Å². The monoisotopic (exact) mass is 414 g/mol. The average Bonchev–Trinajstić information content (AvgIpc) is 2.67. The smallest absolute Gasteiger partial charge is 0.350 e. The van der Waals surface area contributed by atoms with Gasteiger partial charge in [0.25, 0.3) is 5.91 Å².